The summed E-state index contributed by atoms with van der Waals surface area (Å²) in [4.78, 5) is 10.8. The summed E-state index contributed by atoms with van der Waals surface area (Å²) in [5, 5.41) is 10.0. The first kappa shape index (κ1) is 9.86. The van der Waals surface area contributed by atoms with Crippen LogP contribution in [0.4, 0.5) is 0 Å². The van der Waals surface area contributed by atoms with E-state index in [0.29, 0.717) is 11.3 Å². The highest BCUT2D eigenvalue weighted by molar-refractivity contribution is 7.16. The molecule has 0 saturated heterocycles. The quantitative estimate of drug-likeness (QED) is 0.867. The predicted octanol–water partition coefficient (Wildman–Crippen LogP) is 1.84. The summed E-state index contributed by atoms with van der Waals surface area (Å²) < 4.78 is 10.9. The fourth-order valence-corrected chi connectivity index (χ4v) is 2.50. The summed E-state index contributed by atoms with van der Waals surface area (Å²) in [6, 6.07) is 3.55. The van der Waals surface area contributed by atoms with Crippen molar-refractivity contribution >= 4 is 21.6 Å². The lowest BCUT2D eigenvalue weighted by molar-refractivity contribution is 0.151. The third-order valence-electron chi connectivity index (χ3n) is 2.88. The molecule has 3 rings (SSSR count). The van der Waals surface area contributed by atoms with Gasteiger partial charge in [-0.05, 0) is 30.5 Å². The Bertz CT molecular complexity index is 606. The molecule has 0 atom stereocenters. The van der Waals surface area contributed by atoms with Crippen LogP contribution >= 0.6 is 11.3 Å². The Morgan fingerprint density at radius 1 is 1.50 bits per heavy atom. The van der Waals surface area contributed by atoms with Crippen molar-refractivity contribution in [3.63, 3.8) is 0 Å². The topological polar surface area (TPSA) is 59.7 Å². The van der Waals surface area contributed by atoms with E-state index in [0.717, 1.165) is 34.4 Å². The number of aliphatic hydroxyl groups is 1. The maximum absolute atomic E-state index is 11.2. The zero-order valence-electron chi connectivity index (χ0n) is 8.65. The van der Waals surface area contributed by atoms with Gasteiger partial charge in [0.15, 0.2) is 11.3 Å². The summed E-state index contributed by atoms with van der Waals surface area (Å²) in [5.41, 5.74) is 0.536. The molecule has 1 saturated carbocycles. The standard InChI is InChI=1S/C11H10O4S/c1-14-7-4-6(11(13)2-3-11)5-8-9(7)15-10(12)16-8/h4-5,13H,2-3H2,1H3. The Labute approximate surface area is 95.1 Å². The summed E-state index contributed by atoms with van der Waals surface area (Å²) in [6.45, 7) is 0. The molecule has 16 heavy (non-hydrogen) atoms. The van der Waals surface area contributed by atoms with Crippen LogP contribution in [0.1, 0.15) is 18.4 Å². The van der Waals surface area contributed by atoms with Crippen LogP contribution in [0.15, 0.2) is 21.3 Å². The highest BCUT2D eigenvalue weighted by Gasteiger charge is 2.42. The van der Waals surface area contributed by atoms with Gasteiger partial charge in [0.1, 0.15) is 0 Å². The fourth-order valence-electron chi connectivity index (χ4n) is 1.77. The van der Waals surface area contributed by atoms with E-state index >= 15 is 0 Å². The SMILES string of the molecule is COc1cc(C2(O)CC2)cc2sc(=O)oc12. The van der Waals surface area contributed by atoms with E-state index in [1.807, 2.05) is 0 Å². The van der Waals surface area contributed by atoms with Gasteiger partial charge in [-0.3, -0.25) is 0 Å². The molecular formula is C11H10O4S. The summed E-state index contributed by atoms with van der Waals surface area (Å²) in [5.74, 6) is 0.506. The largest absolute Gasteiger partial charge is 0.493 e. The smallest absolute Gasteiger partial charge is 0.396 e. The third kappa shape index (κ3) is 1.36. The van der Waals surface area contributed by atoms with Crippen molar-refractivity contribution in [2.24, 2.45) is 0 Å². The minimum Gasteiger partial charge on any atom is -0.493 e. The second-order valence-electron chi connectivity index (χ2n) is 3.99. The molecule has 5 heteroatoms. The molecule has 0 spiro atoms. The molecule has 2 aromatic rings. The first-order valence-electron chi connectivity index (χ1n) is 4.97. The van der Waals surface area contributed by atoms with Crippen LogP contribution in [0, 0.1) is 0 Å². The normalized spacial score (nSPS) is 17.6. The minimum absolute atomic E-state index is 0.353. The van der Waals surface area contributed by atoms with Gasteiger partial charge in [-0.15, -0.1) is 0 Å². The van der Waals surface area contributed by atoms with Gasteiger partial charge in [0.05, 0.1) is 17.4 Å². The molecule has 0 aliphatic heterocycles. The Hall–Kier alpha value is -1.33. The monoisotopic (exact) mass is 238 g/mol. The molecule has 1 N–H and O–H groups in total. The van der Waals surface area contributed by atoms with E-state index in [2.05, 4.69) is 0 Å². The van der Waals surface area contributed by atoms with Gasteiger partial charge in [-0.1, -0.05) is 11.3 Å². The Balaban J connectivity index is 2.29. The van der Waals surface area contributed by atoms with Crippen molar-refractivity contribution in [2.45, 2.75) is 18.4 Å². The van der Waals surface area contributed by atoms with Gasteiger partial charge in [-0.25, -0.2) is 4.79 Å². The van der Waals surface area contributed by atoms with Gasteiger partial charge < -0.3 is 14.3 Å². The first-order valence-corrected chi connectivity index (χ1v) is 5.78. The van der Waals surface area contributed by atoms with Crippen molar-refractivity contribution < 1.29 is 14.3 Å². The van der Waals surface area contributed by atoms with Crippen LogP contribution in [0.2, 0.25) is 0 Å². The Kier molecular flexibility index (Phi) is 1.90. The molecule has 0 amide bonds. The average molecular weight is 238 g/mol. The molecule has 0 radical (unpaired) electrons. The Morgan fingerprint density at radius 3 is 2.88 bits per heavy atom. The van der Waals surface area contributed by atoms with Crippen LogP contribution in [0.3, 0.4) is 0 Å². The van der Waals surface area contributed by atoms with Crippen LogP contribution in [0.25, 0.3) is 10.3 Å². The number of fused-ring (bicyclic) bond motifs is 1. The van der Waals surface area contributed by atoms with E-state index in [1.54, 1.807) is 12.1 Å². The zero-order chi connectivity index (χ0) is 11.3. The number of benzene rings is 1. The van der Waals surface area contributed by atoms with Crippen LogP contribution < -0.4 is 9.68 Å². The van der Waals surface area contributed by atoms with Crippen LogP contribution in [0.5, 0.6) is 5.75 Å². The second kappa shape index (κ2) is 3.09. The summed E-state index contributed by atoms with van der Waals surface area (Å²) >= 11 is 1.03. The van der Waals surface area contributed by atoms with Gasteiger partial charge in [0.2, 0.25) is 0 Å². The molecule has 0 unspecified atom stereocenters. The molecule has 4 nitrogen and oxygen atoms in total. The van der Waals surface area contributed by atoms with E-state index in [4.69, 9.17) is 9.15 Å². The van der Waals surface area contributed by atoms with Gasteiger partial charge in [-0.2, -0.15) is 0 Å². The number of hydrogen-bond donors (Lipinski definition) is 1. The number of methoxy groups -OCH3 is 1. The van der Waals surface area contributed by atoms with Crippen molar-refractivity contribution in [1.29, 1.82) is 0 Å². The zero-order valence-corrected chi connectivity index (χ0v) is 9.47. The van der Waals surface area contributed by atoms with Gasteiger partial charge >= 0.3 is 4.94 Å². The lowest BCUT2D eigenvalue weighted by atomic mass is 10.1. The third-order valence-corrected chi connectivity index (χ3v) is 3.65. The van der Waals surface area contributed by atoms with Crippen LogP contribution in [-0.4, -0.2) is 12.2 Å². The molecule has 1 aliphatic rings. The predicted molar refractivity (Wildman–Crippen MR) is 60.0 cm³/mol. The highest BCUT2D eigenvalue weighted by Crippen LogP contribution is 2.47. The highest BCUT2D eigenvalue weighted by atomic mass is 32.1. The lowest BCUT2D eigenvalue weighted by Gasteiger charge is -2.09. The van der Waals surface area contributed by atoms with E-state index in [1.165, 1.54) is 7.11 Å². The van der Waals surface area contributed by atoms with E-state index in [-0.39, 0.29) is 4.94 Å². The molecule has 1 aromatic heterocycles. The maximum atomic E-state index is 11.2. The van der Waals surface area contributed by atoms with Gasteiger partial charge in [0.25, 0.3) is 0 Å². The number of rotatable bonds is 2. The minimum atomic E-state index is -0.728. The maximum Gasteiger partial charge on any atom is 0.396 e. The first-order chi connectivity index (χ1) is 7.62. The molecule has 0 bridgehead atoms. The van der Waals surface area contributed by atoms with Crippen molar-refractivity contribution in [3.05, 3.63) is 27.4 Å². The molecule has 1 aromatic carbocycles. The van der Waals surface area contributed by atoms with Crippen molar-refractivity contribution in [1.82, 2.24) is 0 Å². The molecular weight excluding hydrogens is 228 g/mol. The van der Waals surface area contributed by atoms with Crippen molar-refractivity contribution in [3.8, 4) is 5.75 Å². The molecule has 1 fully saturated rings. The lowest BCUT2D eigenvalue weighted by Crippen LogP contribution is -2.04. The molecule has 84 valence electrons. The van der Waals surface area contributed by atoms with Crippen LogP contribution in [-0.2, 0) is 5.60 Å². The van der Waals surface area contributed by atoms with Gasteiger partial charge in [0, 0.05) is 0 Å². The summed E-state index contributed by atoms with van der Waals surface area (Å²) in [7, 11) is 1.52. The van der Waals surface area contributed by atoms with Crippen molar-refractivity contribution in [2.75, 3.05) is 7.11 Å². The molecule has 1 heterocycles. The Morgan fingerprint density at radius 2 is 2.25 bits per heavy atom. The number of hydrogen-bond acceptors (Lipinski definition) is 5. The van der Waals surface area contributed by atoms with E-state index < -0.39 is 5.60 Å². The number of ether oxygens (including phenoxy) is 1. The fraction of sp³-hybridized carbons (Fsp3) is 0.364. The second-order valence-corrected chi connectivity index (χ2v) is 4.97. The average Bonchev–Trinajstić information content (AvgIpc) is 2.89. The van der Waals surface area contributed by atoms with E-state index in [9.17, 15) is 9.90 Å². The molecule has 1 aliphatic carbocycles. The summed E-state index contributed by atoms with van der Waals surface area (Å²) in [6.07, 6.45) is 1.52.